The zero-order valence-corrected chi connectivity index (χ0v) is 13.2. The quantitative estimate of drug-likeness (QED) is 0.747. The lowest BCUT2D eigenvalue weighted by molar-refractivity contribution is 0.0947. The molecule has 5 nitrogen and oxygen atoms in total. The van der Waals surface area contributed by atoms with E-state index in [4.69, 9.17) is 4.42 Å². The van der Waals surface area contributed by atoms with Crippen molar-refractivity contribution < 1.29 is 18.4 Å². The average molecular weight is 338 g/mol. The maximum absolute atomic E-state index is 13.6. The van der Waals surface area contributed by atoms with Gasteiger partial charge in [-0.15, -0.1) is 0 Å². The summed E-state index contributed by atoms with van der Waals surface area (Å²) >= 11 is 0. The Balaban J connectivity index is 1.61. The smallest absolute Gasteiger partial charge is 0.258 e. The van der Waals surface area contributed by atoms with Crippen LogP contribution in [0.1, 0.15) is 26.5 Å². The first-order chi connectivity index (χ1) is 12.1. The fraction of sp³-hybridized carbons (Fsp3) is 0.0526. The standard InChI is InChI=1S/C19H15FN2O3/c20-17-6-2-1-5-16(17)19(24)22-14-9-7-13(8-10-14)18(23)21-12-15-4-3-11-25-15/h1-11H,12H2,(H,21,23)(H,22,24). The first kappa shape index (κ1) is 16.4. The van der Waals surface area contributed by atoms with Crippen molar-refractivity contribution in [2.75, 3.05) is 5.32 Å². The van der Waals surface area contributed by atoms with Crippen molar-refractivity contribution in [1.82, 2.24) is 5.32 Å². The number of halogens is 1. The van der Waals surface area contributed by atoms with Crippen LogP contribution in [0.3, 0.4) is 0 Å². The van der Waals surface area contributed by atoms with Crippen LogP contribution in [0.2, 0.25) is 0 Å². The number of carbonyl (C=O) groups excluding carboxylic acids is 2. The summed E-state index contributed by atoms with van der Waals surface area (Å²) in [5.74, 6) is -0.743. The van der Waals surface area contributed by atoms with Crippen LogP contribution < -0.4 is 10.6 Å². The highest BCUT2D eigenvalue weighted by Crippen LogP contribution is 2.13. The van der Waals surface area contributed by atoms with Gasteiger partial charge in [0.2, 0.25) is 0 Å². The lowest BCUT2D eigenvalue weighted by atomic mass is 10.1. The van der Waals surface area contributed by atoms with Crippen molar-refractivity contribution in [2.45, 2.75) is 6.54 Å². The van der Waals surface area contributed by atoms with Gasteiger partial charge in [-0.2, -0.15) is 0 Å². The SMILES string of the molecule is O=C(NCc1ccco1)c1ccc(NC(=O)c2ccccc2F)cc1. The molecular weight excluding hydrogens is 323 g/mol. The molecule has 0 spiro atoms. The van der Waals surface area contributed by atoms with E-state index in [1.165, 1.54) is 24.5 Å². The molecule has 1 aromatic heterocycles. The van der Waals surface area contributed by atoms with E-state index in [1.807, 2.05) is 0 Å². The Morgan fingerprint density at radius 3 is 2.36 bits per heavy atom. The largest absolute Gasteiger partial charge is 0.467 e. The van der Waals surface area contributed by atoms with Crippen LogP contribution in [0, 0.1) is 5.82 Å². The van der Waals surface area contributed by atoms with Crippen LogP contribution in [0.25, 0.3) is 0 Å². The molecule has 2 amide bonds. The number of benzene rings is 2. The monoisotopic (exact) mass is 338 g/mol. The minimum atomic E-state index is -0.589. The van der Waals surface area contributed by atoms with Crippen LogP contribution in [-0.2, 0) is 6.54 Å². The van der Waals surface area contributed by atoms with Gasteiger partial charge >= 0.3 is 0 Å². The summed E-state index contributed by atoms with van der Waals surface area (Å²) in [5.41, 5.74) is 0.869. The maximum Gasteiger partial charge on any atom is 0.258 e. The van der Waals surface area contributed by atoms with Gasteiger partial charge in [-0.05, 0) is 48.5 Å². The molecule has 6 heteroatoms. The molecule has 0 saturated heterocycles. The fourth-order valence-electron chi connectivity index (χ4n) is 2.23. The summed E-state index contributed by atoms with van der Waals surface area (Å²) < 4.78 is 18.7. The molecule has 1 heterocycles. The Hall–Kier alpha value is -3.41. The van der Waals surface area contributed by atoms with Crippen LogP contribution in [0.15, 0.2) is 71.3 Å². The van der Waals surface area contributed by atoms with E-state index in [9.17, 15) is 14.0 Å². The molecule has 2 aromatic carbocycles. The summed E-state index contributed by atoms with van der Waals surface area (Å²) in [6.45, 7) is 0.289. The normalized spacial score (nSPS) is 10.3. The molecule has 3 aromatic rings. The molecule has 0 radical (unpaired) electrons. The van der Waals surface area contributed by atoms with Crippen molar-refractivity contribution in [2.24, 2.45) is 0 Å². The van der Waals surface area contributed by atoms with Crippen molar-refractivity contribution in [3.8, 4) is 0 Å². The highest BCUT2D eigenvalue weighted by molar-refractivity contribution is 6.04. The summed E-state index contributed by atoms with van der Waals surface area (Å²) in [7, 11) is 0. The van der Waals surface area contributed by atoms with Crippen LogP contribution in [-0.4, -0.2) is 11.8 Å². The lowest BCUT2D eigenvalue weighted by Gasteiger charge is -2.07. The molecule has 25 heavy (non-hydrogen) atoms. The maximum atomic E-state index is 13.6. The van der Waals surface area contributed by atoms with Gasteiger partial charge in [0.1, 0.15) is 11.6 Å². The molecule has 0 saturated carbocycles. The number of nitrogens with one attached hydrogen (secondary N) is 2. The number of hydrogen-bond donors (Lipinski definition) is 2. The molecule has 0 aliphatic heterocycles. The van der Waals surface area contributed by atoms with E-state index in [0.717, 1.165) is 0 Å². The zero-order chi connectivity index (χ0) is 17.6. The van der Waals surface area contributed by atoms with Crippen LogP contribution in [0.4, 0.5) is 10.1 Å². The van der Waals surface area contributed by atoms with Crippen LogP contribution in [0.5, 0.6) is 0 Å². The van der Waals surface area contributed by atoms with E-state index >= 15 is 0 Å². The van der Waals surface area contributed by atoms with E-state index in [-0.39, 0.29) is 18.0 Å². The first-order valence-electron chi connectivity index (χ1n) is 7.60. The molecule has 0 unspecified atom stereocenters. The van der Waals surface area contributed by atoms with Gasteiger partial charge < -0.3 is 15.1 Å². The number of amides is 2. The van der Waals surface area contributed by atoms with Crippen molar-refractivity contribution in [3.63, 3.8) is 0 Å². The first-order valence-corrected chi connectivity index (χ1v) is 7.60. The lowest BCUT2D eigenvalue weighted by Crippen LogP contribution is -2.22. The minimum Gasteiger partial charge on any atom is -0.467 e. The highest BCUT2D eigenvalue weighted by Gasteiger charge is 2.11. The van der Waals surface area contributed by atoms with E-state index in [1.54, 1.807) is 42.5 Å². The summed E-state index contributed by atoms with van der Waals surface area (Å²) in [5, 5.41) is 5.32. The Bertz CT molecular complexity index is 874. The molecule has 0 atom stereocenters. The Labute approximate surface area is 143 Å². The van der Waals surface area contributed by atoms with E-state index in [2.05, 4.69) is 10.6 Å². The fourth-order valence-corrected chi connectivity index (χ4v) is 2.23. The molecule has 0 bridgehead atoms. The summed E-state index contributed by atoms with van der Waals surface area (Å²) in [6, 6.07) is 15.6. The van der Waals surface area contributed by atoms with Crippen molar-refractivity contribution >= 4 is 17.5 Å². The van der Waals surface area contributed by atoms with Gasteiger partial charge in [-0.1, -0.05) is 12.1 Å². The Morgan fingerprint density at radius 1 is 0.920 bits per heavy atom. The van der Waals surface area contributed by atoms with Crippen molar-refractivity contribution in [1.29, 1.82) is 0 Å². The minimum absolute atomic E-state index is 0.0391. The second-order valence-electron chi connectivity index (χ2n) is 5.27. The Morgan fingerprint density at radius 2 is 1.68 bits per heavy atom. The zero-order valence-electron chi connectivity index (χ0n) is 13.2. The second kappa shape index (κ2) is 7.44. The number of furan rings is 1. The predicted molar refractivity (Wildman–Crippen MR) is 90.7 cm³/mol. The third kappa shape index (κ3) is 4.11. The molecule has 2 N–H and O–H groups in total. The average Bonchev–Trinajstić information content (AvgIpc) is 3.14. The predicted octanol–water partition coefficient (Wildman–Crippen LogP) is 3.60. The number of carbonyl (C=O) groups is 2. The van der Waals surface area contributed by atoms with Crippen LogP contribution >= 0.6 is 0 Å². The third-order valence-electron chi connectivity index (χ3n) is 3.53. The van der Waals surface area contributed by atoms with Gasteiger partial charge in [0, 0.05) is 11.3 Å². The van der Waals surface area contributed by atoms with E-state index < -0.39 is 11.7 Å². The second-order valence-corrected chi connectivity index (χ2v) is 5.27. The molecule has 0 aliphatic rings. The molecule has 0 fully saturated rings. The number of anilines is 1. The van der Waals surface area contributed by atoms with Crippen molar-refractivity contribution in [3.05, 3.63) is 89.6 Å². The molecule has 0 aliphatic carbocycles. The highest BCUT2D eigenvalue weighted by atomic mass is 19.1. The van der Waals surface area contributed by atoms with Gasteiger partial charge in [-0.3, -0.25) is 9.59 Å². The number of hydrogen-bond acceptors (Lipinski definition) is 3. The van der Waals surface area contributed by atoms with Gasteiger partial charge in [0.25, 0.3) is 11.8 Å². The van der Waals surface area contributed by atoms with Gasteiger partial charge in [0.15, 0.2) is 0 Å². The Kier molecular flexibility index (Phi) is 4.89. The van der Waals surface area contributed by atoms with Gasteiger partial charge in [0.05, 0.1) is 18.4 Å². The van der Waals surface area contributed by atoms with Gasteiger partial charge in [-0.25, -0.2) is 4.39 Å². The summed E-state index contributed by atoms with van der Waals surface area (Å²) in [6.07, 6.45) is 1.54. The molecule has 126 valence electrons. The third-order valence-corrected chi connectivity index (χ3v) is 3.53. The van der Waals surface area contributed by atoms with E-state index in [0.29, 0.717) is 17.0 Å². The molecular formula is C19H15FN2O3. The summed E-state index contributed by atoms with van der Waals surface area (Å²) in [4.78, 5) is 24.1. The molecule has 3 rings (SSSR count). The number of rotatable bonds is 5. The topological polar surface area (TPSA) is 71.3 Å².